The molecule has 3 aliphatic rings. The number of hydrogen-bond donors (Lipinski definition) is 1. The Morgan fingerprint density at radius 3 is 2.26 bits per heavy atom. The first kappa shape index (κ1) is 22.4. The monoisotopic (exact) mass is 496 g/mol. The Hall–Kier alpha value is -4.77. The summed E-state index contributed by atoms with van der Waals surface area (Å²) in [5.41, 5.74) is 6.47. The lowest BCUT2D eigenvalue weighted by Crippen LogP contribution is -2.32. The van der Waals surface area contributed by atoms with Crippen molar-refractivity contribution in [3.8, 4) is 0 Å². The molecule has 1 aliphatic carbocycles. The number of amides is 1. The van der Waals surface area contributed by atoms with Gasteiger partial charge < -0.3 is 5.32 Å². The van der Waals surface area contributed by atoms with Crippen LogP contribution in [0.25, 0.3) is 0 Å². The number of carbonyl (C=O) groups excluding carboxylic acids is 3. The van der Waals surface area contributed by atoms with E-state index in [0.717, 1.165) is 16.8 Å². The van der Waals surface area contributed by atoms with Crippen LogP contribution in [0.5, 0.6) is 0 Å². The van der Waals surface area contributed by atoms with Crippen molar-refractivity contribution in [3.05, 3.63) is 142 Å². The Kier molecular flexibility index (Phi) is 5.11. The molecule has 1 amide bonds. The Morgan fingerprint density at radius 1 is 0.763 bits per heavy atom. The third-order valence-electron chi connectivity index (χ3n) is 7.85. The molecule has 0 unspecified atom stereocenters. The molecule has 4 aromatic rings. The second-order valence-corrected chi connectivity index (χ2v) is 10.0. The number of benzene rings is 4. The van der Waals surface area contributed by atoms with Crippen LogP contribution >= 0.6 is 0 Å². The Labute approximate surface area is 220 Å². The third-order valence-corrected chi connectivity index (χ3v) is 7.85. The summed E-state index contributed by atoms with van der Waals surface area (Å²) in [7, 11) is 0. The molecule has 0 saturated heterocycles. The quantitative estimate of drug-likeness (QED) is 0.331. The minimum Gasteiger partial charge on any atom is -0.357 e. The maximum Gasteiger partial charge on any atom is 0.259 e. The van der Waals surface area contributed by atoms with Gasteiger partial charge in [-0.1, -0.05) is 78.9 Å². The number of nitrogens with zero attached hydrogens (tertiary/aromatic N) is 1. The highest BCUT2D eigenvalue weighted by Crippen LogP contribution is 2.51. The summed E-state index contributed by atoms with van der Waals surface area (Å²) in [4.78, 5) is 42.6. The van der Waals surface area contributed by atoms with E-state index in [1.54, 1.807) is 23.1 Å². The first-order chi connectivity index (χ1) is 18.6. The van der Waals surface area contributed by atoms with Crippen LogP contribution in [-0.2, 0) is 4.79 Å². The zero-order valence-electron chi connectivity index (χ0n) is 20.6. The molecule has 1 N–H and O–H groups in total. The number of allylic oxidation sites excluding steroid dienone is 1. The molecule has 2 aliphatic heterocycles. The highest BCUT2D eigenvalue weighted by Gasteiger charge is 2.46. The summed E-state index contributed by atoms with van der Waals surface area (Å²) in [6, 6.07) is 31.7. The van der Waals surface area contributed by atoms with Gasteiger partial charge in [-0.05, 0) is 47.7 Å². The van der Waals surface area contributed by atoms with Crippen LogP contribution in [0.4, 0.5) is 11.4 Å². The number of Topliss-reactive ketones (excluding diaryl/α,β-unsaturated/α-hetero) is 1. The molecular formula is C33H24N2O3. The van der Waals surface area contributed by atoms with Gasteiger partial charge in [0.25, 0.3) is 5.91 Å². The van der Waals surface area contributed by atoms with Crippen LogP contribution in [0.1, 0.15) is 62.2 Å². The van der Waals surface area contributed by atoms with E-state index in [1.807, 2.05) is 72.8 Å². The Morgan fingerprint density at radius 2 is 1.47 bits per heavy atom. The standard InChI is InChI=1S/C33H24N2O3/c36-29-19-23(20-9-3-1-4-10-20)18-27-30(29)31-24-13-7-8-14-25(24)33(38)35(31)28-16-15-22(17-26(28)34-27)32(37)21-11-5-2-6-12-21/h1-17,23,31,34H,18-19H2/t23-,31-/m1/s1. The summed E-state index contributed by atoms with van der Waals surface area (Å²) < 4.78 is 0. The van der Waals surface area contributed by atoms with Crippen LogP contribution in [0.3, 0.4) is 0 Å². The first-order valence-electron chi connectivity index (χ1n) is 12.8. The van der Waals surface area contributed by atoms with Crippen molar-refractivity contribution >= 4 is 28.8 Å². The average Bonchev–Trinajstić information content (AvgIpc) is 3.15. The van der Waals surface area contributed by atoms with Gasteiger partial charge in [-0.3, -0.25) is 19.3 Å². The largest absolute Gasteiger partial charge is 0.357 e. The smallest absolute Gasteiger partial charge is 0.259 e. The molecule has 5 nitrogen and oxygen atoms in total. The lowest BCUT2D eigenvalue weighted by Gasteiger charge is -2.30. The van der Waals surface area contributed by atoms with E-state index in [-0.39, 0.29) is 23.4 Å². The number of hydrogen-bond acceptors (Lipinski definition) is 4. The molecule has 0 bridgehead atoms. The maximum absolute atomic E-state index is 13.8. The van der Waals surface area contributed by atoms with E-state index in [9.17, 15) is 14.4 Å². The fraction of sp³-hybridized carbons (Fsp3) is 0.121. The van der Waals surface area contributed by atoms with Gasteiger partial charge in [0.05, 0.1) is 17.4 Å². The molecule has 184 valence electrons. The van der Waals surface area contributed by atoms with E-state index >= 15 is 0 Å². The second-order valence-electron chi connectivity index (χ2n) is 10.0. The zero-order valence-corrected chi connectivity index (χ0v) is 20.6. The predicted octanol–water partition coefficient (Wildman–Crippen LogP) is 6.45. The normalized spacial score (nSPS) is 19.6. The zero-order chi connectivity index (χ0) is 25.8. The molecule has 7 rings (SSSR count). The number of nitrogens with one attached hydrogen (secondary N) is 1. The minimum absolute atomic E-state index is 0.0337. The molecule has 4 aromatic carbocycles. The van der Waals surface area contributed by atoms with E-state index in [4.69, 9.17) is 0 Å². The van der Waals surface area contributed by atoms with Gasteiger partial charge >= 0.3 is 0 Å². The van der Waals surface area contributed by atoms with Crippen molar-refractivity contribution in [3.63, 3.8) is 0 Å². The Balaban J connectivity index is 1.39. The molecule has 5 heteroatoms. The Bertz CT molecular complexity index is 1660. The molecule has 0 spiro atoms. The van der Waals surface area contributed by atoms with E-state index in [2.05, 4.69) is 17.4 Å². The van der Waals surface area contributed by atoms with E-state index in [1.165, 1.54) is 0 Å². The van der Waals surface area contributed by atoms with Gasteiger partial charge in [-0.15, -0.1) is 0 Å². The molecular weight excluding hydrogens is 472 g/mol. The summed E-state index contributed by atoms with van der Waals surface area (Å²) in [5.74, 6) is -0.155. The van der Waals surface area contributed by atoms with Gasteiger partial charge in [0, 0.05) is 34.4 Å². The van der Waals surface area contributed by atoms with Crippen molar-refractivity contribution in [2.45, 2.75) is 24.8 Å². The lowest BCUT2D eigenvalue weighted by atomic mass is 9.78. The molecule has 2 atom stereocenters. The predicted molar refractivity (Wildman–Crippen MR) is 146 cm³/mol. The van der Waals surface area contributed by atoms with Crippen LogP contribution < -0.4 is 10.2 Å². The van der Waals surface area contributed by atoms with Crippen molar-refractivity contribution in [2.24, 2.45) is 0 Å². The topological polar surface area (TPSA) is 66.5 Å². The second kappa shape index (κ2) is 8.67. The van der Waals surface area contributed by atoms with Gasteiger partial charge in [-0.2, -0.15) is 0 Å². The van der Waals surface area contributed by atoms with Crippen molar-refractivity contribution in [1.29, 1.82) is 0 Å². The summed E-state index contributed by atoms with van der Waals surface area (Å²) >= 11 is 0. The van der Waals surface area contributed by atoms with E-state index in [0.29, 0.717) is 46.5 Å². The van der Waals surface area contributed by atoms with Crippen LogP contribution in [0.15, 0.2) is 114 Å². The maximum atomic E-state index is 13.8. The minimum atomic E-state index is -0.498. The molecule has 38 heavy (non-hydrogen) atoms. The van der Waals surface area contributed by atoms with Gasteiger partial charge in [0.1, 0.15) is 0 Å². The number of ketones is 2. The van der Waals surface area contributed by atoms with Gasteiger partial charge in [-0.25, -0.2) is 0 Å². The van der Waals surface area contributed by atoms with Crippen molar-refractivity contribution < 1.29 is 14.4 Å². The summed E-state index contributed by atoms with van der Waals surface area (Å²) in [6.45, 7) is 0. The highest BCUT2D eigenvalue weighted by molar-refractivity contribution is 6.17. The summed E-state index contributed by atoms with van der Waals surface area (Å²) in [6.07, 6.45) is 1.03. The molecule has 0 radical (unpaired) electrons. The SMILES string of the molecule is O=C1C[C@H](c2ccccc2)CC2=C1[C@H]1c3ccccc3C(=O)N1c1ccc(C(=O)c3ccccc3)cc1N2. The van der Waals surface area contributed by atoms with Crippen LogP contribution in [-0.4, -0.2) is 17.5 Å². The lowest BCUT2D eigenvalue weighted by molar-refractivity contribution is -0.116. The average molecular weight is 497 g/mol. The number of anilines is 2. The van der Waals surface area contributed by atoms with Crippen molar-refractivity contribution in [2.75, 3.05) is 10.2 Å². The molecule has 2 heterocycles. The molecule has 0 saturated carbocycles. The fourth-order valence-electron chi connectivity index (χ4n) is 6.08. The third kappa shape index (κ3) is 3.43. The molecule has 0 fully saturated rings. The summed E-state index contributed by atoms with van der Waals surface area (Å²) in [5, 5.41) is 3.53. The molecule has 0 aromatic heterocycles. The van der Waals surface area contributed by atoms with Crippen LogP contribution in [0.2, 0.25) is 0 Å². The number of fused-ring (bicyclic) bond motifs is 6. The number of carbonyl (C=O) groups is 3. The van der Waals surface area contributed by atoms with Crippen molar-refractivity contribution in [1.82, 2.24) is 0 Å². The van der Waals surface area contributed by atoms with Gasteiger partial charge in [0.15, 0.2) is 11.6 Å². The highest BCUT2D eigenvalue weighted by atomic mass is 16.2. The van der Waals surface area contributed by atoms with Crippen LogP contribution in [0, 0.1) is 0 Å². The van der Waals surface area contributed by atoms with Gasteiger partial charge in [0.2, 0.25) is 0 Å². The fourth-order valence-corrected chi connectivity index (χ4v) is 6.08. The number of rotatable bonds is 3. The first-order valence-corrected chi connectivity index (χ1v) is 12.8. The van der Waals surface area contributed by atoms with E-state index < -0.39 is 6.04 Å².